The van der Waals surface area contributed by atoms with Crippen molar-refractivity contribution in [1.29, 1.82) is 0 Å². The lowest BCUT2D eigenvalue weighted by Crippen LogP contribution is -2.22. The van der Waals surface area contributed by atoms with Crippen molar-refractivity contribution in [1.82, 2.24) is 5.32 Å². The number of carbonyl (C=O) groups excluding carboxylic acids is 1. The Morgan fingerprint density at radius 1 is 1.10 bits per heavy atom. The van der Waals surface area contributed by atoms with Crippen LogP contribution in [-0.2, 0) is 0 Å². The summed E-state index contributed by atoms with van der Waals surface area (Å²) < 4.78 is 13.4. The van der Waals surface area contributed by atoms with Crippen molar-refractivity contribution in [3.63, 3.8) is 0 Å². The molecular formula is C17H14FNO. The van der Waals surface area contributed by atoms with Crippen LogP contribution in [-0.4, -0.2) is 12.5 Å². The molecule has 0 atom stereocenters. The van der Waals surface area contributed by atoms with E-state index in [1.807, 2.05) is 6.92 Å². The molecule has 0 aliphatic carbocycles. The second-order valence-corrected chi connectivity index (χ2v) is 4.17. The Bertz CT molecular complexity index is 665. The van der Waals surface area contributed by atoms with Gasteiger partial charge in [-0.1, -0.05) is 24.0 Å². The molecule has 0 saturated carbocycles. The lowest BCUT2D eigenvalue weighted by molar-refractivity contribution is 0.0956. The highest BCUT2D eigenvalue weighted by atomic mass is 19.1. The molecule has 0 unspecified atom stereocenters. The minimum Gasteiger partial charge on any atom is -0.352 e. The first-order chi connectivity index (χ1) is 9.70. The first-order valence-electron chi connectivity index (χ1n) is 6.35. The normalized spacial score (nSPS) is 9.50. The van der Waals surface area contributed by atoms with Gasteiger partial charge in [-0.25, -0.2) is 4.39 Å². The van der Waals surface area contributed by atoms with Crippen LogP contribution in [0.1, 0.15) is 28.4 Å². The Kier molecular flexibility index (Phi) is 4.52. The molecule has 2 nitrogen and oxygen atoms in total. The number of amides is 1. The number of hydrogen-bond donors (Lipinski definition) is 1. The van der Waals surface area contributed by atoms with E-state index < -0.39 is 0 Å². The van der Waals surface area contributed by atoms with Gasteiger partial charge >= 0.3 is 0 Å². The predicted octanol–water partition coefficient (Wildman–Crippen LogP) is 2.98. The Morgan fingerprint density at radius 2 is 1.80 bits per heavy atom. The SMILES string of the molecule is CCNC(=O)c1ccc(C#Cc2ccccc2F)cc1. The van der Waals surface area contributed by atoms with Crippen LogP contribution in [0, 0.1) is 17.7 Å². The van der Waals surface area contributed by atoms with E-state index in [9.17, 15) is 9.18 Å². The highest BCUT2D eigenvalue weighted by Gasteiger charge is 2.02. The number of hydrogen-bond acceptors (Lipinski definition) is 1. The molecule has 100 valence electrons. The van der Waals surface area contributed by atoms with E-state index in [0.717, 1.165) is 5.56 Å². The zero-order valence-corrected chi connectivity index (χ0v) is 11.1. The van der Waals surface area contributed by atoms with Gasteiger partial charge in [-0.05, 0) is 43.3 Å². The average molecular weight is 267 g/mol. The summed E-state index contributed by atoms with van der Waals surface area (Å²) in [6.07, 6.45) is 0. The smallest absolute Gasteiger partial charge is 0.251 e. The summed E-state index contributed by atoms with van der Waals surface area (Å²) in [5.41, 5.74) is 1.69. The fourth-order valence-electron chi connectivity index (χ4n) is 1.67. The van der Waals surface area contributed by atoms with Crippen LogP contribution in [0.3, 0.4) is 0 Å². The molecule has 2 aromatic rings. The second-order valence-electron chi connectivity index (χ2n) is 4.17. The van der Waals surface area contributed by atoms with Crippen LogP contribution in [0.2, 0.25) is 0 Å². The lowest BCUT2D eigenvalue weighted by atomic mass is 10.1. The van der Waals surface area contributed by atoms with Gasteiger partial charge in [0.25, 0.3) is 5.91 Å². The zero-order chi connectivity index (χ0) is 14.4. The van der Waals surface area contributed by atoms with Gasteiger partial charge in [-0.3, -0.25) is 4.79 Å². The number of nitrogens with one attached hydrogen (secondary N) is 1. The summed E-state index contributed by atoms with van der Waals surface area (Å²) >= 11 is 0. The van der Waals surface area contributed by atoms with Crippen molar-refractivity contribution in [3.05, 3.63) is 71.0 Å². The van der Waals surface area contributed by atoms with Crippen LogP contribution in [0.5, 0.6) is 0 Å². The molecule has 3 heteroatoms. The van der Waals surface area contributed by atoms with Crippen LogP contribution >= 0.6 is 0 Å². The van der Waals surface area contributed by atoms with E-state index in [2.05, 4.69) is 17.2 Å². The van der Waals surface area contributed by atoms with E-state index in [1.165, 1.54) is 6.07 Å². The third-order valence-electron chi connectivity index (χ3n) is 2.70. The molecule has 0 heterocycles. The Hall–Kier alpha value is -2.60. The first-order valence-corrected chi connectivity index (χ1v) is 6.35. The first kappa shape index (κ1) is 13.8. The fourth-order valence-corrected chi connectivity index (χ4v) is 1.67. The van der Waals surface area contributed by atoms with E-state index in [0.29, 0.717) is 17.7 Å². The monoisotopic (exact) mass is 267 g/mol. The average Bonchev–Trinajstić information content (AvgIpc) is 2.47. The van der Waals surface area contributed by atoms with Crippen molar-refractivity contribution in [2.75, 3.05) is 6.54 Å². The Labute approximate surface area is 117 Å². The zero-order valence-electron chi connectivity index (χ0n) is 11.1. The van der Waals surface area contributed by atoms with Gasteiger partial charge in [0.1, 0.15) is 5.82 Å². The molecular weight excluding hydrogens is 253 g/mol. The molecule has 0 aromatic heterocycles. The molecule has 0 spiro atoms. The van der Waals surface area contributed by atoms with Gasteiger partial charge < -0.3 is 5.32 Å². The minimum atomic E-state index is -0.334. The van der Waals surface area contributed by atoms with E-state index >= 15 is 0 Å². The number of carbonyl (C=O) groups is 1. The van der Waals surface area contributed by atoms with Crippen LogP contribution < -0.4 is 5.32 Å². The van der Waals surface area contributed by atoms with Crippen molar-refractivity contribution < 1.29 is 9.18 Å². The Balaban J connectivity index is 2.16. The number of benzene rings is 2. The van der Waals surface area contributed by atoms with Crippen molar-refractivity contribution in [3.8, 4) is 11.8 Å². The topological polar surface area (TPSA) is 29.1 Å². The molecule has 2 aromatic carbocycles. The molecule has 1 amide bonds. The highest BCUT2D eigenvalue weighted by Crippen LogP contribution is 2.06. The van der Waals surface area contributed by atoms with Crippen LogP contribution in [0.4, 0.5) is 4.39 Å². The van der Waals surface area contributed by atoms with E-state index in [4.69, 9.17) is 0 Å². The van der Waals surface area contributed by atoms with Crippen LogP contribution in [0.25, 0.3) is 0 Å². The van der Waals surface area contributed by atoms with Crippen molar-refractivity contribution in [2.45, 2.75) is 6.92 Å². The maximum atomic E-state index is 13.4. The predicted molar refractivity (Wildman–Crippen MR) is 76.8 cm³/mol. The van der Waals surface area contributed by atoms with Gasteiger partial charge in [0, 0.05) is 17.7 Å². The summed E-state index contributed by atoms with van der Waals surface area (Å²) in [6, 6.07) is 13.3. The molecule has 0 saturated heterocycles. The standard InChI is InChI=1S/C17H14FNO/c1-2-19-17(20)15-11-8-13(9-12-15)7-10-14-5-3-4-6-16(14)18/h3-6,8-9,11-12H,2H2,1H3,(H,19,20). The molecule has 0 radical (unpaired) electrons. The second kappa shape index (κ2) is 6.53. The molecule has 1 N–H and O–H groups in total. The van der Waals surface area contributed by atoms with E-state index in [1.54, 1.807) is 42.5 Å². The molecule has 2 rings (SSSR count). The summed E-state index contributed by atoms with van der Waals surface area (Å²) in [4.78, 5) is 11.6. The maximum Gasteiger partial charge on any atom is 0.251 e. The minimum absolute atomic E-state index is 0.110. The maximum absolute atomic E-state index is 13.4. The van der Waals surface area contributed by atoms with Crippen molar-refractivity contribution >= 4 is 5.91 Å². The number of rotatable bonds is 2. The quantitative estimate of drug-likeness (QED) is 0.833. The van der Waals surface area contributed by atoms with Gasteiger partial charge in [0.05, 0.1) is 5.56 Å². The summed E-state index contributed by atoms with van der Waals surface area (Å²) in [5.74, 6) is 5.21. The molecule has 0 aliphatic heterocycles. The van der Waals surface area contributed by atoms with Gasteiger partial charge in [0.2, 0.25) is 0 Å². The van der Waals surface area contributed by atoms with Gasteiger partial charge in [-0.2, -0.15) is 0 Å². The van der Waals surface area contributed by atoms with Crippen LogP contribution in [0.15, 0.2) is 48.5 Å². The molecule has 20 heavy (non-hydrogen) atoms. The largest absolute Gasteiger partial charge is 0.352 e. The fraction of sp³-hybridized carbons (Fsp3) is 0.118. The summed E-state index contributed by atoms with van der Waals surface area (Å²) in [6.45, 7) is 2.46. The summed E-state index contributed by atoms with van der Waals surface area (Å²) in [5, 5.41) is 2.72. The van der Waals surface area contributed by atoms with E-state index in [-0.39, 0.29) is 11.7 Å². The number of halogens is 1. The van der Waals surface area contributed by atoms with Crippen molar-refractivity contribution in [2.24, 2.45) is 0 Å². The Morgan fingerprint density at radius 3 is 2.45 bits per heavy atom. The van der Waals surface area contributed by atoms with Gasteiger partial charge in [-0.15, -0.1) is 0 Å². The van der Waals surface area contributed by atoms with Gasteiger partial charge in [0.15, 0.2) is 0 Å². The molecule has 0 bridgehead atoms. The molecule has 0 aliphatic rings. The third-order valence-corrected chi connectivity index (χ3v) is 2.70. The highest BCUT2D eigenvalue weighted by molar-refractivity contribution is 5.94. The molecule has 0 fully saturated rings. The lowest BCUT2D eigenvalue weighted by Gasteiger charge is -2.01. The summed E-state index contributed by atoms with van der Waals surface area (Å²) in [7, 11) is 0. The third kappa shape index (κ3) is 3.46.